The standard InChI is InChI=1S/C21H25N3O2S/c1-15-7-6-9-17(16(15)2)22-20(25)13-24(11-12-26-3)14-21-23-18-8-4-5-10-19(18)27-21/h4-10H,11-14H2,1-3H3,(H,22,25). The van der Waals surface area contributed by atoms with E-state index in [1.54, 1.807) is 18.4 Å². The van der Waals surface area contributed by atoms with Gasteiger partial charge in [-0.25, -0.2) is 4.98 Å². The lowest BCUT2D eigenvalue weighted by molar-refractivity contribution is -0.117. The van der Waals surface area contributed by atoms with Gasteiger partial charge >= 0.3 is 0 Å². The number of nitrogens with one attached hydrogen (secondary N) is 1. The molecule has 0 aliphatic rings. The molecule has 3 rings (SSSR count). The molecule has 27 heavy (non-hydrogen) atoms. The van der Waals surface area contributed by atoms with Crippen molar-refractivity contribution in [3.05, 3.63) is 58.6 Å². The number of thiazole rings is 1. The maximum atomic E-state index is 12.6. The molecule has 0 fully saturated rings. The summed E-state index contributed by atoms with van der Waals surface area (Å²) in [5.41, 5.74) is 4.13. The van der Waals surface area contributed by atoms with E-state index in [0.717, 1.165) is 21.8 Å². The van der Waals surface area contributed by atoms with E-state index in [0.29, 0.717) is 26.2 Å². The number of carbonyl (C=O) groups is 1. The third-order valence-corrected chi connectivity index (χ3v) is 5.58. The molecule has 5 nitrogen and oxygen atoms in total. The van der Waals surface area contributed by atoms with Crippen molar-refractivity contribution >= 4 is 33.1 Å². The van der Waals surface area contributed by atoms with E-state index >= 15 is 0 Å². The summed E-state index contributed by atoms with van der Waals surface area (Å²) >= 11 is 1.67. The number of aryl methyl sites for hydroxylation is 1. The number of ether oxygens (including phenoxy) is 1. The fraction of sp³-hybridized carbons (Fsp3) is 0.333. The van der Waals surface area contributed by atoms with Crippen LogP contribution in [0.2, 0.25) is 0 Å². The maximum Gasteiger partial charge on any atom is 0.238 e. The van der Waals surface area contributed by atoms with Crippen molar-refractivity contribution in [1.29, 1.82) is 0 Å². The zero-order valence-electron chi connectivity index (χ0n) is 16.0. The molecule has 1 aromatic heterocycles. The maximum absolute atomic E-state index is 12.6. The Kier molecular flexibility index (Phi) is 6.55. The molecular weight excluding hydrogens is 358 g/mol. The van der Waals surface area contributed by atoms with Crippen LogP contribution < -0.4 is 5.32 Å². The summed E-state index contributed by atoms with van der Waals surface area (Å²) < 4.78 is 6.38. The molecule has 0 saturated carbocycles. The van der Waals surface area contributed by atoms with Crippen LogP contribution in [0.3, 0.4) is 0 Å². The van der Waals surface area contributed by atoms with Crippen molar-refractivity contribution in [3.63, 3.8) is 0 Å². The van der Waals surface area contributed by atoms with Gasteiger partial charge in [0.1, 0.15) is 5.01 Å². The van der Waals surface area contributed by atoms with Crippen molar-refractivity contribution in [2.45, 2.75) is 20.4 Å². The molecule has 0 aliphatic carbocycles. The number of carbonyl (C=O) groups excluding carboxylic acids is 1. The average molecular weight is 384 g/mol. The minimum atomic E-state index is -0.0269. The number of nitrogens with zero attached hydrogens (tertiary/aromatic N) is 2. The van der Waals surface area contributed by atoms with Crippen LogP contribution in [-0.2, 0) is 16.1 Å². The van der Waals surface area contributed by atoms with Crippen molar-refractivity contribution in [3.8, 4) is 0 Å². The molecule has 1 heterocycles. The normalized spacial score (nSPS) is 11.3. The molecular formula is C21H25N3O2S. The minimum absolute atomic E-state index is 0.0269. The Balaban J connectivity index is 1.68. The molecule has 2 aromatic carbocycles. The van der Waals surface area contributed by atoms with Gasteiger partial charge in [0.15, 0.2) is 0 Å². The monoisotopic (exact) mass is 383 g/mol. The smallest absolute Gasteiger partial charge is 0.238 e. The van der Waals surface area contributed by atoms with E-state index in [9.17, 15) is 4.79 Å². The van der Waals surface area contributed by atoms with Crippen LogP contribution in [0.4, 0.5) is 5.69 Å². The first kappa shape index (κ1) is 19.5. The Morgan fingerprint density at radius 1 is 1.19 bits per heavy atom. The number of para-hydroxylation sites is 1. The van der Waals surface area contributed by atoms with E-state index < -0.39 is 0 Å². The summed E-state index contributed by atoms with van der Waals surface area (Å²) in [4.78, 5) is 19.4. The van der Waals surface area contributed by atoms with Gasteiger partial charge in [0.2, 0.25) is 5.91 Å². The van der Waals surface area contributed by atoms with Gasteiger partial charge in [-0.2, -0.15) is 0 Å². The van der Waals surface area contributed by atoms with E-state index in [-0.39, 0.29) is 5.91 Å². The van der Waals surface area contributed by atoms with Gasteiger partial charge in [-0.3, -0.25) is 9.69 Å². The Labute approximate surface area is 164 Å². The number of aromatic nitrogens is 1. The molecule has 142 valence electrons. The van der Waals surface area contributed by atoms with Gasteiger partial charge in [-0.1, -0.05) is 24.3 Å². The first-order chi connectivity index (χ1) is 13.1. The van der Waals surface area contributed by atoms with Crippen LogP contribution in [0.25, 0.3) is 10.2 Å². The van der Waals surface area contributed by atoms with Crippen molar-refractivity contribution in [2.24, 2.45) is 0 Å². The number of rotatable bonds is 8. The second-order valence-electron chi connectivity index (χ2n) is 6.57. The zero-order valence-corrected chi connectivity index (χ0v) is 16.8. The van der Waals surface area contributed by atoms with Crippen LogP contribution >= 0.6 is 11.3 Å². The van der Waals surface area contributed by atoms with Crippen LogP contribution in [0.1, 0.15) is 16.1 Å². The fourth-order valence-corrected chi connectivity index (χ4v) is 3.90. The summed E-state index contributed by atoms with van der Waals surface area (Å²) in [6.07, 6.45) is 0. The SMILES string of the molecule is COCCN(CC(=O)Nc1cccc(C)c1C)Cc1nc2ccccc2s1. The summed E-state index contributed by atoms with van der Waals surface area (Å²) in [6.45, 7) is 6.24. The molecule has 0 aliphatic heterocycles. The second-order valence-corrected chi connectivity index (χ2v) is 7.69. The number of benzene rings is 2. The molecule has 6 heteroatoms. The largest absolute Gasteiger partial charge is 0.383 e. The number of fused-ring (bicyclic) bond motifs is 1. The summed E-state index contributed by atoms with van der Waals surface area (Å²) in [5.74, 6) is -0.0269. The summed E-state index contributed by atoms with van der Waals surface area (Å²) in [7, 11) is 1.67. The lowest BCUT2D eigenvalue weighted by Gasteiger charge is -2.20. The molecule has 1 amide bonds. The highest BCUT2D eigenvalue weighted by molar-refractivity contribution is 7.18. The highest BCUT2D eigenvalue weighted by atomic mass is 32.1. The quantitative estimate of drug-likeness (QED) is 0.639. The lowest BCUT2D eigenvalue weighted by Crippen LogP contribution is -2.35. The molecule has 0 saturated heterocycles. The van der Waals surface area contributed by atoms with Crippen molar-refractivity contribution in [2.75, 3.05) is 32.1 Å². The Bertz CT molecular complexity index is 890. The highest BCUT2D eigenvalue weighted by Gasteiger charge is 2.15. The van der Waals surface area contributed by atoms with Crippen molar-refractivity contribution < 1.29 is 9.53 Å². The molecule has 0 atom stereocenters. The zero-order chi connectivity index (χ0) is 19.2. The predicted octanol–water partition coefficient (Wildman–Crippen LogP) is 4.00. The fourth-order valence-electron chi connectivity index (χ4n) is 2.89. The molecule has 0 radical (unpaired) electrons. The number of hydrogen-bond donors (Lipinski definition) is 1. The van der Waals surface area contributed by atoms with Crippen LogP contribution in [-0.4, -0.2) is 42.6 Å². The van der Waals surface area contributed by atoms with E-state index in [1.165, 1.54) is 10.3 Å². The number of hydrogen-bond acceptors (Lipinski definition) is 5. The summed E-state index contributed by atoms with van der Waals surface area (Å²) in [6, 6.07) is 14.0. The Morgan fingerprint density at radius 3 is 2.78 bits per heavy atom. The van der Waals surface area contributed by atoms with E-state index in [1.807, 2.05) is 50.2 Å². The van der Waals surface area contributed by atoms with Gasteiger partial charge in [0.05, 0.1) is 29.9 Å². The number of amides is 1. The molecule has 0 bridgehead atoms. The first-order valence-corrected chi connectivity index (χ1v) is 9.80. The van der Waals surface area contributed by atoms with Gasteiger partial charge < -0.3 is 10.1 Å². The second kappa shape index (κ2) is 9.08. The lowest BCUT2D eigenvalue weighted by atomic mass is 10.1. The highest BCUT2D eigenvalue weighted by Crippen LogP contribution is 2.23. The van der Waals surface area contributed by atoms with E-state index in [2.05, 4.69) is 21.3 Å². The molecule has 0 spiro atoms. The predicted molar refractivity (Wildman–Crippen MR) is 111 cm³/mol. The molecule has 0 unspecified atom stereocenters. The van der Waals surface area contributed by atoms with Gasteiger partial charge in [0, 0.05) is 19.3 Å². The van der Waals surface area contributed by atoms with Crippen LogP contribution in [0, 0.1) is 13.8 Å². The Hall–Kier alpha value is -2.28. The minimum Gasteiger partial charge on any atom is -0.383 e. The Morgan fingerprint density at radius 2 is 2.00 bits per heavy atom. The topological polar surface area (TPSA) is 54.5 Å². The van der Waals surface area contributed by atoms with Gasteiger partial charge in [-0.15, -0.1) is 11.3 Å². The third-order valence-electron chi connectivity index (χ3n) is 4.55. The van der Waals surface area contributed by atoms with Crippen LogP contribution in [0.15, 0.2) is 42.5 Å². The van der Waals surface area contributed by atoms with Gasteiger partial charge in [0.25, 0.3) is 0 Å². The van der Waals surface area contributed by atoms with Crippen molar-refractivity contribution in [1.82, 2.24) is 9.88 Å². The third kappa shape index (κ3) is 5.13. The molecule has 3 aromatic rings. The summed E-state index contributed by atoms with van der Waals surface area (Å²) in [5, 5.41) is 4.04. The van der Waals surface area contributed by atoms with Gasteiger partial charge in [-0.05, 0) is 43.2 Å². The molecule has 1 N–H and O–H groups in total. The number of methoxy groups -OCH3 is 1. The first-order valence-electron chi connectivity index (χ1n) is 8.98. The van der Waals surface area contributed by atoms with E-state index in [4.69, 9.17) is 4.74 Å². The number of anilines is 1. The van der Waals surface area contributed by atoms with Crippen LogP contribution in [0.5, 0.6) is 0 Å². The average Bonchev–Trinajstić information content (AvgIpc) is 3.05.